The lowest BCUT2D eigenvalue weighted by Gasteiger charge is -2.13. The van der Waals surface area contributed by atoms with Crippen LogP contribution in [0.3, 0.4) is 0 Å². The van der Waals surface area contributed by atoms with E-state index in [1.54, 1.807) is 7.11 Å². The molecule has 0 saturated heterocycles. The zero-order chi connectivity index (χ0) is 12.8. The molecular weight excluding hydrogens is 227 g/mol. The van der Waals surface area contributed by atoms with E-state index in [0.29, 0.717) is 12.2 Å². The fourth-order valence-corrected chi connectivity index (χ4v) is 1.39. The molecule has 1 aromatic carbocycles. The number of benzene rings is 1. The Balaban J connectivity index is 2.73. The first kappa shape index (κ1) is 13.6. The number of hydrogen-bond acceptors (Lipinski definition) is 3. The predicted molar refractivity (Wildman–Crippen MR) is 59.5 cm³/mol. The van der Waals surface area contributed by atoms with Gasteiger partial charge in [0.2, 0.25) is 0 Å². The van der Waals surface area contributed by atoms with Crippen molar-refractivity contribution >= 4 is 5.97 Å². The molecule has 1 aromatic rings. The molecule has 1 N–H and O–H groups in total. The first-order chi connectivity index (χ1) is 8.04. The van der Waals surface area contributed by atoms with Crippen molar-refractivity contribution < 1.29 is 23.8 Å². The Morgan fingerprint density at radius 2 is 2.24 bits per heavy atom. The molecule has 0 amide bonds. The van der Waals surface area contributed by atoms with Crippen molar-refractivity contribution in [1.29, 1.82) is 0 Å². The Kier molecular flexibility index (Phi) is 5.06. The third-order valence-electron chi connectivity index (χ3n) is 2.23. The summed E-state index contributed by atoms with van der Waals surface area (Å²) in [6.45, 7) is 2.35. The molecule has 0 aliphatic rings. The Hall–Kier alpha value is -1.46. The number of ether oxygens (including phenoxy) is 2. The smallest absolute Gasteiger partial charge is 0.336 e. The third-order valence-corrected chi connectivity index (χ3v) is 2.23. The van der Waals surface area contributed by atoms with Crippen molar-refractivity contribution in [2.24, 2.45) is 0 Å². The Labute approximate surface area is 99.0 Å². The summed E-state index contributed by atoms with van der Waals surface area (Å²) in [6.07, 6.45) is -0.147. The summed E-state index contributed by atoms with van der Waals surface area (Å²) in [7, 11) is 1.56. The zero-order valence-corrected chi connectivity index (χ0v) is 9.77. The second-order valence-corrected chi connectivity index (χ2v) is 3.68. The zero-order valence-electron chi connectivity index (χ0n) is 9.77. The number of aromatic carboxylic acids is 1. The van der Waals surface area contributed by atoms with E-state index in [2.05, 4.69) is 0 Å². The molecule has 1 rings (SSSR count). The summed E-state index contributed by atoms with van der Waals surface area (Å²) in [5.74, 6) is -1.74. The van der Waals surface area contributed by atoms with E-state index in [-0.39, 0.29) is 18.3 Å². The standard InChI is InChI=1S/C12H15FO4/c1-8(6-16-2)17-7-9-3-4-10(13)5-11(9)12(14)15/h3-5,8H,6-7H2,1-2H3,(H,14,15). The molecule has 0 heterocycles. The van der Waals surface area contributed by atoms with Crippen LogP contribution in [0.25, 0.3) is 0 Å². The van der Waals surface area contributed by atoms with Gasteiger partial charge in [-0.1, -0.05) is 6.07 Å². The van der Waals surface area contributed by atoms with Crippen molar-refractivity contribution in [3.05, 3.63) is 35.1 Å². The maximum Gasteiger partial charge on any atom is 0.336 e. The highest BCUT2D eigenvalue weighted by Gasteiger charge is 2.12. The molecule has 0 aromatic heterocycles. The van der Waals surface area contributed by atoms with Gasteiger partial charge in [0.1, 0.15) is 5.82 Å². The number of methoxy groups -OCH3 is 1. The quantitative estimate of drug-likeness (QED) is 0.829. The molecule has 5 heteroatoms. The van der Waals surface area contributed by atoms with Crippen LogP contribution >= 0.6 is 0 Å². The number of carbonyl (C=O) groups is 1. The van der Waals surface area contributed by atoms with Gasteiger partial charge in [-0.25, -0.2) is 9.18 Å². The van der Waals surface area contributed by atoms with Crippen LogP contribution in [0.4, 0.5) is 4.39 Å². The summed E-state index contributed by atoms with van der Waals surface area (Å²) >= 11 is 0. The van der Waals surface area contributed by atoms with Gasteiger partial charge >= 0.3 is 5.97 Å². The minimum atomic E-state index is -1.16. The highest BCUT2D eigenvalue weighted by molar-refractivity contribution is 5.89. The van der Waals surface area contributed by atoms with Gasteiger partial charge in [0.15, 0.2) is 0 Å². The van der Waals surface area contributed by atoms with E-state index in [1.807, 2.05) is 6.92 Å². The molecule has 0 spiro atoms. The fourth-order valence-electron chi connectivity index (χ4n) is 1.39. The van der Waals surface area contributed by atoms with Gasteiger partial charge < -0.3 is 14.6 Å². The molecule has 1 unspecified atom stereocenters. The van der Waals surface area contributed by atoms with Gasteiger partial charge in [-0.3, -0.25) is 0 Å². The van der Waals surface area contributed by atoms with Crippen LogP contribution in [0, 0.1) is 5.82 Å². The molecule has 0 aliphatic carbocycles. The van der Waals surface area contributed by atoms with Crippen LogP contribution in [0.2, 0.25) is 0 Å². The van der Waals surface area contributed by atoms with E-state index < -0.39 is 11.8 Å². The van der Waals surface area contributed by atoms with E-state index in [9.17, 15) is 9.18 Å². The highest BCUT2D eigenvalue weighted by Crippen LogP contribution is 2.13. The Morgan fingerprint density at radius 3 is 2.82 bits per heavy atom. The summed E-state index contributed by atoms with van der Waals surface area (Å²) in [5, 5.41) is 8.91. The Morgan fingerprint density at radius 1 is 1.53 bits per heavy atom. The van der Waals surface area contributed by atoms with Crippen LogP contribution in [0.5, 0.6) is 0 Å². The second kappa shape index (κ2) is 6.32. The van der Waals surface area contributed by atoms with E-state index in [4.69, 9.17) is 14.6 Å². The maximum atomic E-state index is 12.9. The number of hydrogen-bond donors (Lipinski definition) is 1. The van der Waals surface area contributed by atoms with Crippen molar-refractivity contribution in [3.63, 3.8) is 0 Å². The van der Waals surface area contributed by atoms with Crippen LogP contribution < -0.4 is 0 Å². The molecule has 0 aliphatic heterocycles. The fraction of sp³-hybridized carbons (Fsp3) is 0.417. The molecule has 0 bridgehead atoms. The second-order valence-electron chi connectivity index (χ2n) is 3.68. The van der Waals surface area contributed by atoms with Crippen LogP contribution in [-0.2, 0) is 16.1 Å². The summed E-state index contributed by atoms with van der Waals surface area (Å²) in [6, 6.07) is 3.62. The average molecular weight is 242 g/mol. The lowest BCUT2D eigenvalue weighted by atomic mass is 10.1. The first-order valence-corrected chi connectivity index (χ1v) is 5.17. The number of halogens is 1. The van der Waals surface area contributed by atoms with E-state index in [0.717, 1.165) is 6.07 Å². The van der Waals surface area contributed by atoms with Gasteiger partial charge in [0.25, 0.3) is 0 Å². The molecular formula is C12H15FO4. The van der Waals surface area contributed by atoms with Gasteiger partial charge in [-0.2, -0.15) is 0 Å². The predicted octanol–water partition coefficient (Wildman–Crippen LogP) is 2.08. The van der Waals surface area contributed by atoms with Crippen LogP contribution in [-0.4, -0.2) is 30.9 Å². The Bertz CT molecular complexity index is 392. The van der Waals surface area contributed by atoms with Crippen molar-refractivity contribution in [3.8, 4) is 0 Å². The van der Waals surface area contributed by atoms with Crippen molar-refractivity contribution in [2.45, 2.75) is 19.6 Å². The third kappa shape index (κ3) is 4.13. The van der Waals surface area contributed by atoms with Gasteiger partial charge in [0.05, 0.1) is 24.9 Å². The topological polar surface area (TPSA) is 55.8 Å². The minimum absolute atomic E-state index is 0.0744. The number of rotatable bonds is 6. The number of carboxylic acid groups (broad SMARTS) is 1. The van der Waals surface area contributed by atoms with Gasteiger partial charge in [-0.15, -0.1) is 0 Å². The molecule has 0 fully saturated rings. The highest BCUT2D eigenvalue weighted by atomic mass is 19.1. The molecule has 17 heavy (non-hydrogen) atoms. The van der Waals surface area contributed by atoms with Crippen LogP contribution in [0.1, 0.15) is 22.8 Å². The number of carboxylic acids is 1. The van der Waals surface area contributed by atoms with Gasteiger partial charge in [0, 0.05) is 7.11 Å². The van der Waals surface area contributed by atoms with Crippen molar-refractivity contribution in [1.82, 2.24) is 0 Å². The molecule has 94 valence electrons. The molecule has 0 radical (unpaired) electrons. The van der Waals surface area contributed by atoms with Gasteiger partial charge in [-0.05, 0) is 24.6 Å². The van der Waals surface area contributed by atoms with Crippen LogP contribution in [0.15, 0.2) is 18.2 Å². The lowest BCUT2D eigenvalue weighted by molar-refractivity contribution is -0.000552. The summed E-state index contributed by atoms with van der Waals surface area (Å²) in [4.78, 5) is 10.9. The average Bonchev–Trinajstić information content (AvgIpc) is 2.27. The maximum absolute atomic E-state index is 12.9. The SMILES string of the molecule is COCC(C)OCc1ccc(F)cc1C(=O)O. The molecule has 4 nitrogen and oxygen atoms in total. The largest absolute Gasteiger partial charge is 0.478 e. The lowest BCUT2D eigenvalue weighted by Crippen LogP contribution is -2.15. The summed E-state index contributed by atoms with van der Waals surface area (Å²) in [5.41, 5.74) is 0.372. The normalized spacial score (nSPS) is 12.4. The van der Waals surface area contributed by atoms with E-state index >= 15 is 0 Å². The van der Waals surface area contributed by atoms with E-state index in [1.165, 1.54) is 12.1 Å². The molecule has 1 atom stereocenters. The monoisotopic (exact) mass is 242 g/mol. The minimum Gasteiger partial charge on any atom is -0.478 e. The molecule has 0 saturated carbocycles. The first-order valence-electron chi connectivity index (χ1n) is 5.17. The van der Waals surface area contributed by atoms with Crippen molar-refractivity contribution in [2.75, 3.05) is 13.7 Å². The summed E-state index contributed by atoms with van der Waals surface area (Å²) < 4.78 is 23.2.